The molecule has 2 aromatic carbocycles. The maximum absolute atomic E-state index is 12.6. The second-order valence-corrected chi connectivity index (χ2v) is 4.44. The van der Waals surface area contributed by atoms with Crippen LogP contribution in [0.4, 0.5) is 18.9 Å². The summed E-state index contributed by atoms with van der Waals surface area (Å²) >= 11 is 5.95. The molecule has 0 atom stereocenters. The summed E-state index contributed by atoms with van der Waals surface area (Å²) < 4.78 is 37.7. The van der Waals surface area contributed by atoms with Gasteiger partial charge in [-0.15, -0.1) is 0 Å². The van der Waals surface area contributed by atoms with E-state index in [4.69, 9.17) is 11.6 Å². The van der Waals surface area contributed by atoms with E-state index in [1.807, 2.05) is 0 Å². The molecule has 5 heteroatoms. The summed E-state index contributed by atoms with van der Waals surface area (Å²) in [6.07, 6.45) is -4.32. The summed E-state index contributed by atoms with van der Waals surface area (Å²) in [5.41, 5.74) is 0.599. The summed E-state index contributed by atoms with van der Waals surface area (Å²) in [6.45, 7) is 0.285. The molecule has 0 unspecified atom stereocenters. The van der Waals surface area contributed by atoms with Crippen LogP contribution in [0.15, 0.2) is 48.5 Å². The Morgan fingerprint density at radius 2 is 1.74 bits per heavy atom. The summed E-state index contributed by atoms with van der Waals surface area (Å²) in [5.74, 6) is 0. The van der Waals surface area contributed by atoms with Gasteiger partial charge in [-0.05, 0) is 29.8 Å². The average molecular weight is 286 g/mol. The predicted octanol–water partition coefficient (Wildman–Crippen LogP) is 4.97. The van der Waals surface area contributed by atoms with Crippen LogP contribution in [-0.2, 0) is 12.7 Å². The van der Waals surface area contributed by atoms with Crippen LogP contribution in [0.1, 0.15) is 11.1 Å². The van der Waals surface area contributed by atoms with Crippen molar-refractivity contribution >= 4 is 17.3 Å². The van der Waals surface area contributed by atoms with Crippen LogP contribution in [-0.4, -0.2) is 0 Å². The topological polar surface area (TPSA) is 12.0 Å². The first kappa shape index (κ1) is 13.7. The highest BCUT2D eigenvalue weighted by molar-refractivity contribution is 6.33. The lowest BCUT2D eigenvalue weighted by molar-refractivity contribution is -0.137. The van der Waals surface area contributed by atoms with Crippen molar-refractivity contribution in [1.82, 2.24) is 0 Å². The van der Waals surface area contributed by atoms with E-state index in [1.54, 1.807) is 30.3 Å². The highest BCUT2D eigenvalue weighted by Gasteiger charge is 2.30. The second-order valence-electron chi connectivity index (χ2n) is 4.03. The average Bonchev–Trinajstić information content (AvgIpc) is 2.37. The molecule has 1 nitrogen and oxygen atoms in total. The van der Waals surface area contributed by atoms with E-state index in [-0.39, 0.29) is 6.54 Å². The van der Waals surface area contributed by atoms with Gasteiger partial charge in [0.25, 0.3) is 0 Å². The van der Waals surface area contributed by atoms with E-state index >= 15 is 0 Å². The fraction of sp³-hybridized carbons (Fsp3) is 0.143. The van der Waals surface area contributed by atoms with Crippen molar-refractivity contribution in [2.75, 3.05) is 5.32 Å². The number of anilines is 1. The molecule has 0 saturated carbocycles. The summed E-state index contributed by atoms with van der Waals surface area (Å²) in [6, 6.07) is 12.3. The standard InChI is InChI=1S/C14H11ClF3N/c15-12-6-1-2-7-13(12)19-9-10-4-3-5-11(8-10)14(16,17)18/h1-8,19H,9H2. The number of alkyl halides is 3. The van der Waals surface area contributed by atoms with Crippen LogP contribution < -0.4 is 5.32 Å². The van der Waals surface area contributed by atoms with Crippen LogP contribution in [0, 0.1) is 0 Å². The van der Waals surface area contributed by atoms with Gasteiger partial charge in [-0.25, -0.2) is 0 Å². The molecule has 0 aliphatic carbocycles. The van der Waals surface area contributed by atoms with Gasteiger partial charge in [0.05, 0.1) is 16.3 Å². The zero-order valence-electron chi connectivity index (χ0n) is 9.84. The predicted molar refractivity (Wildman–Crippen MR) is 70.2 cm³/mol. The van der Waals surface area contributed by atoms with E-state index in [1.165, 1.54) is 6.07 Å². The van der Waals surface area contributed by atoms with Gasteiger partial charge in [-0.2, -0.15) is 13.2 Å². The van der Waals surface area contributed by atoms with E-state index in [0.29, 0.717) is 16.3 Å². The Bertz CT molecular complexity index is 567. The van der Waals surface area contributed by atoms with Crippen LogP contribution >= 0.6 is 11.6 Å². The zero-order chi connectivity index (χ0) is 13.9. The second kappa shape index (κ2) is 5.53. The minimum atomic E-state index is -4.32. The monoisotopic (exact) mass is 285 g/mol. The van der Waals surface area contributed by atoms with Crippen molar-refractivity contribution in [2.45, 2.75) is 12.7 Å². The fourth-order valence-electron chi connectivity index (χ4n) is 1.66. The quantitative estimate of drug-likeness (QED) is 0.839. The molecule has 0 amide bonds. The molecular weight excluding hydrogens is 275 g/mol. The Morgan fingerprint density at radius 3 is 2.42 bits per heavy atom. The van der Waals surface area contributed by atoms with Gasteiger partial charge in [0.1, 0.15) is 0 Å². The van der Waals surface area contributed by atoms with E-state index in [9.17, 15) is 13.2 Å². The molecule has 0 radical (unpaired) electrons. The minimum Gasteiger partial charge on any atom is -0.380 e. The normalized spacial score (nSPS) is 11.4. The molecule has 100 valence electrons. The lowest BCUT2D eigenvalue weighted by Crippen LogP contribution is -2.07. The van der Waals surface area contributed by atoms with E-state index < -0.39 is 11.7 Å². The molecule has 0 aliphatic rings. The maximum Gasteiger partial charge on any atom is 0.416 e. The van der Waals surface area contributed by atoms with Crippen molar-refractivity contribution in [2.24, 2.45) is 0 Å². The summed E-state index contributed by atoms with van der Waals surface area (Å²) in [4.78, 5) is 0. The third-order valence-corrected chi connectivity index (χ3v) is 2.94. The van der Waals surface area contributed by atoms with Gasteiger partial charge < -0.3 is 5.32 Å². The molecule has 0 bridgehead atoms. The number of hydrogen-bond acceptors (Lipinski definition) is 1. The Labute approximate surface area is 114 Å². The number of hydrogen-bond donors (Lipinski definition) is 1. The van der Waals surface area contributed by atoms with Crippen molar-refractivity contribution in [1.29, 1.82) is 0 Å². The van der Waals surface area contributed by atoms with Crippen LogP contribution in [0.3, 0.4) is 0 Å². The van der Waals surface area contributed by atoms with Gasteiger partial charge >= 0.3 is 6.18 Å². The zero-order valence-corrected chi connectivity index (χ0v) is 10.6. The molecule has 19 heavy (non-hydrogen) atoms. The molecule has 0 aliphatic heterocycles. The number of halogens is 4. The van der Waals surface area contributed by atoms with Crippen molar-refractivity contribution in [3.8, 4) is 0 Å². The van der Waals surface area contributed by atoms with Crippen LogP contribution in [0.5, 0.6) is 0 Å². The van der Waals surface area contributed by atoms with Gasteiger partial charge in [0.15, 0.2) is 0 Å². The molecule has 2 aromatic rings. The highest BCUT2D eigenvalue weighted by Crippen LogP contribution is 2.30. The first-order chi connectivity index (χ1) is 8.97. The van der Waals surface area contributed by atoms with Gasteiger partial charge in [0.2, 0.25) is 0 Å². The van der Waals surface area contributed by atoms with Crippen molar-refractivity contribution < 1.29 is 13.2 Å². The smallest absolute Gasteiger partial charge is 0.380 e. The minimum absolute atomic E-state index is 0.285. The largest absolute Gasteiger partial charge is 0.416 e. The number of rotatable bonds is 3. The Morgan fingerprint density at radius 1 is 1.00 bits per heavy atom. The SMILES string of the molecule is FC(F)(F)c1cccc(CNc2ccccc2Cl)c1. The van der Waals surface area contributed by atoms with Gasteiger partial charge in [0, 0.05) is 6.54 Å². The van der Waals surface area contributed by atoms with Crippen LogP contribution in [0.25, 0.3) is 0 Å². The summed E-state index contributed by atoms with van der Waals surface area (Å²) in [7, 11) is 0. The highest BCUT2D eigenvalue weighted by atomic mass is 35.5. The molecule has 0 spiro atoms. The van der Waals surface area contributed by atoms with Crippen LogP contribution in [0.2, 0.25) is 5.02 Å². The lowest BCUT2D eigenvalue weighted by atomic mass is 10.1. The van der Waals surface area contributed by atoms with Gasteiger partial charge in [-0.3, -0.25) is 0 Å². The molecular formula is C14H11ClF3N. The van der Waals surface area contributed by atoms with Crippen molar-refractivity contribution in [3.05, 3.63) is 64.7 Å². The molecule has 0 saturated heterocycles. The maximum atomic E-state index is 12.6. The number of nitrogens with one attached hydrogen (secondary N) is 1. The third kappa shape index (κ3) is 3.64. The molecule has 0 heterocycles. The first-order valence-corrected chi connectivity index (χ1v) is 5.99. The molecule has 1 N–H and O–H groups in total. The van der Waals surface area contributed by atoms with E-state index in [0.717, 1.165) is 12.1 Å². The first-order valence-electron chi connectivity index (χ1n) is 5.61. The summed E-state index contributed by atoms with van der Waals surface area (Å²) in [5, 5.41) is 3.55. The third-order valence-electron chi connectivity index (χ3n) is 2.61. The Hall–Kier alpha value is -1.68. The van der Waals surface area contributed by atoms with E-state index in [2.05, 4.69) is 5.32 Å². The van der Waals surface area contributed by atoms with Crippen molar-refractivity contribution in [3.63, 3.8) is 0 Å². The molecule has 2 rings (SSSR count). The lowest BCUT2D eigenvalue weighted by Gasteiger charge is -2.11. The number of para-hydroxylation sites is 1. The number of benzene rings is 2. The molecule has 0 aromatic heterocycles. The molecule has 0 fully saturated rings. The fourth-order valence-corrected chi connectivity index (χ4v) is 1.86. The Balaban J connectivity index is 2.10. The Kier molecular flexibility index (Phi) is 4.00. The van der Waals surface area contributed by atoms with Gasteiger partial charge in [-0.1, -0.05) is 35.9 Å².